The molecular formula is C25H24Cl2N2O5S2. The van der Waals surface area contributed by atoms with Gasteiger partial charge < -0.3 is 10.1 Å². The predicted molar refractivity (Wildman–Crippen MR) is 143 cm³/mol. The van der Waals surface area contributed by atoms with E-state index in [9.17, 15) is 18.0 Å². The molecule has 0 saturated carbocycles. The number of rotatable bonds is 8. The number of halogens is 2. The second kappa shape index (κ2) is 10.8. The number of benzene rings is 2. The number of nitrogens with zero attached hydrogens (tertiary/aromatic N) is 1. The lowest BCUT2D eigenvalue weighted by Crippen LogP contribution is -2.38. The van der Waals surface area contributed by atoms with Gasteiger partial charge in [-0.1, -0.05) is 40.9 Å². The van der Waals surface area contributed by atoms with Gasteiger partial charge in [0.05, 0.1) is 32.8 Å². The minimum atomic E-state index is -4.14. The number of thiophene rings is 1. The Kier molecular flexibility index (Phi) is 7.94. The van der Waals surface area contributed by atoms with E-state index in [2.05, 4.69) is 5.32 Å². The number of sulfonamides is 1. The molecule has 190 valence electrons. The first kappa shape index (κ1) is 26.5. The number of esters is 1. The first-order valence-corrected chi connectivity index (χ1v) is 14.3. The number of fused-ring (bicyclic) bond motifs is 1. The summed E-state index contributed by atoms with van der Waals surface area (Å²) in [7, 11) is -4.14. The average molecular weight is 568 g/mol. The van der Waals surface area contributed by atoms with Gasteiger partial charge >= 0.3 is 5.97 Å². The van der Waals surface area contributed by atoms with Gasteiger partial charge in [-0.3, -0.25) is 9.10 Å². The molecule has 0 spiro atoms. The van der Waals surface area contributed by atoms with E-state index < -0.39 is 28.4 Å². The number of hydrogen-bond acceptors (Lipinski definition) is 6. The van der Waals surface area contributed by atoms with Gasteiger partial charge in [0, 0.05) is 4.88 Å². The fraction of sp³-hybridized carbons (Fsp3) is 0.280. The van der Waals surface area contributed by atoms with Crippen molar-refractivity contribution >= 4 is 67.1 Å². The molecule has 0 atom stereocenters. The third-order valence-electron chi connectivity index (χ3n) is 5.74. The van der Waals surface area contributed by atoms with Crippen molar-refractivity contribution in [1.29, 1.82) is 0 Å². The molecule has 2 aromatic carbocycles. The minimum absolute atomic E-state index is 0.0225. The highest BCUT2D eigenvalue weighted by atomic mass is 35.5. The standard InChI is InChI=1S/C25H24Cl2N2O5S2/c1-3-34-25(31)23-18-5-4-6-21(18)35-24(23)28-22(30)14-29(16-9-12-19(26)20(27)13-16)36(32,33)17-10-7-15(2)8-11-17/h7-13H,3-6,14H2,1-2H3,(H,28,30). The van der Waals surface area contributed by atoms with Crippen LogP contribution in [0, 0.1) is 6.92 Å². The van der Waals surface area contributed by atoms with Crippen molar-refractivity contribution in [1.82, 2.24) is 0 Å². The summed E-state index contributed by atoms with van der Waals surface area (Å²) in [5.41, 5.74) is 2.32. The Hall–Kier alpha value is -2.59. The third-order valence-corrected chi connectivity index (χ3v) is 9.48. The van der Waals surface area contributed by atoms with Crippen molar-refractivity contribution in [3.05, 3.63) is 74.1 Å². The number of anilines is 2. The number of carbonyl (C=O) groups is 2. The molecule has 0 bridgehead atoms. The van der Waals surface area contributed by atoms with Crippen LogP contribution in [0.2, 0.25) is 10.0 Å². The number of nitrogens with one attached hydrogen (secondary N) is 1. The Morgan fingerprint density at radius 2 is 1.81 bits per heavy atom. The Balaban J connectivity index is 1.68. The van der Waals surface area contributed by atoms with Gasteiger partial charge in [-0.05, 0) is 69.0 Å². The van der Waals surface area contributed by atoms with Crippen molar-refractivity contribution in [3.63, 3.8) is 0 Å². The number of carbonyl (C=O) groups excluding carboxylic acids is 2. The summed E-state index contributed by atoms with van der Waals surface area (Å²) in [6, 6.07) is 10.7. The number of ether oxygens (including phenoxy) is 1. The fourth-order valence-corrected chi connectivity index (χ4v) is 7.00. The van der Waals surface area contributed by atoms with E-state index in [1.165, 1.54) is 41.7 Å². The molecule has 0 fully saturated rings. The van der Waals surface area contributed by atoms with Crippen LogP contribution in [0.3, 0.4) is 0 Å². The molecule has 4 rings (SSSR count). The van der Waals surface area contributed by atoms with Gasteiger partial charge in [0.2, 0.25) is 5.91 Å². The quantitative estimate of drug-likeness (QED) is 0.344. The molecule has 1 aromatic heterocycles. The summed E-state index contributed by atoms with van der Waals surface area (Å²) >= 11 is 13.5. The first-order chi connectivity index (χ1) is 17.1. The Morgan fingerprint density at radius 1 is 1.08 bits per heavy atom. The summed E-state index contributed by atoms with van der Waals surface area (Å²) in [6.07, 6.45) is 2.48. The maximum atomic E-state index is 13.6. The lowest BCUT2D eigenvalue weighted by molar-refractivity contribution is -0.114. The lowest BCUT2D eigenvalue weighted by Gasteiger charge is -2.24. The zero-order valence-electron chi connectivity index (χ0n) is 19.6. The smallest absolute Gasteiger partial charge is 0.341 e. The van der Waals surface area contributed by atoms with Crippen molar-refractivity contribution in [3.8, 4) is 0 Å². The molecule has 0 unspecified atom stereocenters. The predicted octanol–water partition coefficient (Wildman–Crippen LogP) is 5.86. The zero-order valence-corrected chi connectivity index (χ0v) is 22.8. The maximum absolute atomic E-state index is 13.6. The van der Waals surface area contributed by atoms with Crippen LogP contribution < -0.4 is 9.62 Å². The van der Waals surface area contributed by atoms with Gasteiger partial charge in [0.1, 0.15) is 11.5 Å². The van der Waals surface area contributed by atoms with Gasteiger partial charge in [-0.2, -0.15) is 0 Å². The SMILES string of the molecule is CCOC(=O)c1c(NC(=O)CN(c2ccc(Cl)c(Cl)c2)S(=O)(=O)c2ccc(C)cc2)sc2c1CCC2. The molecule has 1 amide bonds. The minimum Gasteiger partial charge on any atom is -0.462 e. The van der Waals surface area contributed by atoms with Crippen LogP contribution in [0.4, 0.5) is 10.7 Å². The van der Waals surface area contributed by atoms with E-state index in [1.807, 2.05) is 6.92 Å². The van der Waals surface area contributed by atoms with E-state index in [0.29, 0.717) is 10.6 Å². The summed E-state index contributed by atoms with van der Waals surface area (Å²) in [4.78, 5) is 26.9. The van der Waals surface area contributed by atoms with Crippen molar-refractivity contribution in [2.24, 2.45) is 0 Å². The number of aryl methyl sites for hydroxylation is 2. The van der Waals surface area contributed by atoms with Gasteiger partial charge in [0.25, 0.3) is 10.0 Å². The number of hydrogen-bond donors (Lipinski definition) is 1. The Bertz CT molecular complexity index is 1420. The van der Waals surface area contributed by atoms with Crippen LogP contribution in [0.25, 0.3) is 0 Å². The number of amides is 1. The van der Waals surface area contributed by atoms with E-state index >= 15 is 0 Å². The van der Waals surface area contributed by atoms with Gasteiger partial charge in [-0.15, -0.1) is 11.3 Å². The highest BCUT2D eigenvalue weighted by Crippen LogP contribution is 2.39. The molecule has 1 aliphatic carbocycles. The van der Waals surface area contributed by atoms with Crippen molar-refractivity contribution in [2.75, 3.05) is 22.8 Å². The van der Waals surface area contributed by atoms with Crippen molar-refractivity contribution < 1.29 is 22.7 Å². The van der Waals surface area contributed by atoms with E-state index in [1.54, 1.807) is 19.1 Å². The Morgan fingerprint density at radius 3 is 2.47 bits per heavy atom. The van der Waals surface area contributed by atoms with Gasteiger partial charge in [0.15, 0.2) is 0 Å². The monoisotopic (exact) mass is 566 g/mol. The van der Waals surface area contributed by atoms with Gasteiger partial charge in [-0.25, -0.2) is 13.2 Å². The molecule has 7 nitrogen and oxygen atoms in total. The van der Waals surface area contributed by atoms with E-state index in [0.717, 1.165) is 39.6 Å². The summed E-state index contributed by atoms with van der Waals surface area (Å²) < 4.78 is 33.4. The third kappa shape index (κ3) is 5.39. The van der Waals surface area contributed by atoms with E-state index in [4.69, 9.17) is 27.9 Å². The molecule has 3 aromatic rings. The molecule has 36 heavy (non-hydrogen) atoms. The molecule has 0 aliphatic heterocycles. The van der Waals surface area contributed by atoms with Crippen LogP contribution >= 0.6 is 34.5 Å². The molecule has 1 aliphatic rings. The van der Waals surface area contributed by atoms with Crippen LogP contribution in [-0.4, -0.2) is 33.4 Å². The van der Waals surface area contributed by atoms with Crippen LogP contribution in [0.5, 0.6) is 0 Å². The molecule has 0 radical (unpaired) electrons. The average Bonchev–Trinajstić information content (AvgIpc) is 3.40. The second-order valence-electron chi connectivity index (χ2n) is 8.25. The topological polar surface area (TPSA) is 92.8 Å². The highest BCUT2D eigenvalue weighted by Gasteiger charge is 2.31. The molecule has 1 N–H and O–H groups in total. The largest absolute Gasteiger partial charge is 0.462 e. The summed E-state index contributed by atoms with van der Waals surface area (Å²) in [5.74, 6) is -1.11. The maximum Gasteiger partial charge on any atom is 0.341 e. The second-order valence-corrected chi connectivity index (χ2v) is 12.0. The summed E-state index contributed by atoms with van der Waals surface area (Å²) in [6.45, 7) is 3.23. The summed E-state index contributed by atoms with van der Waals surface area (Å²) in [5, 5.41) is 3.52. The normalized spacial score (nSPS) is 12.8. The molecule has 11 heteroatoms. The fourth-order valence-electron chi connectivity index (χ4n) is 4.00. The van der Waals surface area contributed by atoms with Crippen LogP contribution in [0.15, 0.2) is 47.4 Å². The van der Waals surface area contributed by atoms with Crippen LogP contribution in [0.1, 0.15) is 39.7 Å². The first-order valence-electron chi connectivity index (χ1n) is 11.3. The Labute approximate surface area is 224 Å². The highest BCUT2D eigenvalue weighted by molar-refractivity contribution is 7.92. The van der Waals surface area contributed by atoms with E-state index in [-0.39, 0.29) is 27.2 Å². The zero-order chi connectivity index (χ0) is 26.0. The van der Waals surface area contributed by atoms with Crippen LogP contribution in [-0.2, 0) is 32.4 Å². The molecule has 0 saturated heterocycles. The molecule has 1 heterocycles. The lowest BCUT2D eigenvalue weighted by atomic mass is 10.1. The van der Waals surface area contributed by atoms with Crippen molar-refractivity contribution in [2.45, 2.75) is 38.0 Å². The molecular weight excluding hydrogens is 543 g/mol.